The van der Waals surface area contributed by atoms with Gasteiger partial charge in [0.15, 0.2) is 0 Å². The van der Waals surface area contributed by atoms with Gasteiger partial charge >= 0.3 is 0 Å². The largest absolute Gasteiger partial charge is 0.370 e. The number of nitrogens with zero attached hydrogens (tertiary/aromatic N) is 4. The summed E-state index contributed by atoms with van der Waals surface area (Å²) in [6.07, 6.45) is 2.81. The number of anilines is 1. The van der Waals surface area contributed by atoms with Crippen LogP contribution in [0.1, 0.15) is 31.9 Å². The average molecular weight is 277 g/mol. The summed E-state index contributed by atoms with van der Waals surface area (Å²) >= 11 is 0. The minimum absolute atomic E-state index is 0.448. The van der Waals surface area contributed by atoms with Crippen molar-refractivity contribution in [3.63, 3.8) is 0 Å². The van der Waals surface area contributed by atoms with Crippen molar-refractivity contribution in [3.05, 3.63) is 18.1 Å². The van der Waals surface area contributed by atoms with Gasteiger partial charge in [0, 0.05) is 44.5 Å². The van der Waals surface area contributed by atoms with Gasteiger partial charge in [-0.25, -0.2) is 9.97 Å². The monoisotopic (exact) mass is 277 g/mol. The van der Waals surface area contributed by atoms with E-state index in [2.05, 4.69) is 52.0 Å². The summed E-state index contributed by atoms with van der Waals surface area (Å²) in [6, 6.07) is 2.06. The second-order valence-corrected chi connectivity index (χ2v) is 5.91. The summed E-state index contributed by atoms with van der Waals surface area (Å²) in [6.45, 7) is 11.2. The van der Waals surface area contributed by atoms with Crippen molar-refractivity contribution < 1.29 is 0 Å². The first-order valence-corrected chi connectivity index (χ1v) is 7.62. The molecule has 1 N–H and O–H groups in total. The molecule has 1 fully saturated rings. The molecule has 0 aromatic carbocycles. The van der Waals surface area contributed by atoms with E-state index >= 15 is 0 Å². The van der Waals surface area contributed by atoms with Crippen molar-refractivity contribution in [2.45, 2.75) is 26.2 Å². The first-order chi connectivity index (χ1) is 9.65. The van der Waals surface area contributed by atoms with Gasteiger partial charge in [-0.15, -0.1) is 0 Å². The third-order valence-electron chi connectivity index (χ3n) is 3.83. The summed E-state index contributed by atoms with van der Waals surface area (Å²) < 4.78 is 0. The van der Waals surface area contributed by atoms with Crippen LogP contribution in [0.5, 0.6) is 0 Å². The Hall–Kier alpha value is -1.20. The van der Waals surface area contributed by atoms with Crippen LogP contribution in [0.25, 0.3) is 0 Å². The van der Waals surface area contributed by atoms with E-state index in [1.165, 1.54) is 32.7 Å². The maximum absolute atomic E-state index is 4.28. The third kappa shape index (κ3) is 4.72. The van der Waals surface area contributed by atoms with Crippen molar-refractivity contribution in [2.24, 2.45) is 0 Å². The maximum Gasteiger partial charge on any atom is 0.129 e. The first-order valence-electron chi connectivity index (χ1n) is 7.62. The van der Waals surface area contributed by atoms with E-state index in [4.69, 9.17) is 0 Å². The SMILES string of the molecule is CC(C)c1cc(NCCCN2CCN(C)CC2)ncn1. The molecule has 0 saturated carbocycles. The van der Waals surface area contributed by atoms with Crippen LogP contribution in [0.3, 0.4) is 0 Å². The minimum atomic E-state index is 0.448. The zero-order chi connectivity index (χ0) is 14.4. The lowest BCUT2D eigenvalue weighted by molar-refractivity contribution is 0.154. The summed E-state index contributed by atoms with van der Waals surface area (Å²) in [4.78, 5) is 13.5. The van der Waals surface area contributed by atoms with E-state index in [0.717, 1.165) is 24.5 Å². The lowest BCUT2D eigenvalue weighted by Gasteiger charge is -2.32. The Morgan fingerprint density at radius 1 is 1.20 bits per heavy atom. The molecule has 1 aliphatic heterocycles. The fourth-order valence-electron chi connectivity index (χ4n) is 2.38. The zero-order valence-corrected chi connectivity index (χ0v) is 13.0. The van der Waals surface area contributed by atoms with E-state index in [1.54, 1.807) is 6.33 Å². The lowest BCUT2D eigenvalue weighted by atomic mass is 10.1. The summed E-state index contributed by atoms with van der Waals surface area (Å²) in [5.41, 5.74) is 1.10. The molecule has 1 aromatic rings. The first kappa shape index (κ1) is 15.2. The molecular weight excluding hydrogens is 250 g/mol. The number of likely N-dealkylation sites (N-methyl/N-ethyl adjacent to an activating group) is 1. The Morgan fingerprint density at radius 2 is 1.95 bits per heavy atom. The van der Waals surface area contributed by atoms with Gasteiger partial charge < -0.3 is 15.1 Å². The van der Waals surface area contributed by atoms with Crippen molar-refractivity contribution in [3.8, 4) is 0 Å². The zero-order valence-electron chi connectivity index (χ0n) is 13.0. The quantitative estimate of drug-likeness (QED) is 0.801. The predicted octanol–water partition coefficient (Wildman–Crippen LogP) is 1.65. The van der Waals surface area contributed by atoms with E-state index in [1.807, 2.05) is 0 Å². The average Bonchev–Trinajstić information content (AvgIpc) is 2.46. The highest BCUT2D eigenvalue weighted by Crippen LogP contribution is 2.13. The Morgan fingerprint density at radius 3 is 2.65 bits per heavy atom. The Bertz CT molecular complexity index is 399. The molecule has 1 aliphatic rings. The highest BCUT2D eigenvalue weighted by Gasteiger charge is 2.12. The summed E-state index contributed by atoms with van der Waals surface area (Å²) in [7, 11) is 2.19. The van der Waals surface area contributed by atoms with Crippen molar-refractivity contribution in [1.82, 2.24) is 19.8 Å². The van der Waals surface area contributed by atoms with Crippen LogP contribution in [-0.4, -0.2) is 66.1 Å². The van der Waals surface area contributed by atoms with Crippen molar-refractivity contribution in [2.75, 3.05) is 51.6 Å². The van der Waals surface area contributed by atoms with Gasteiger partial charge in [-0.05, 0) is 25.9 Å². The molecule has 20 heavy (non-hydrogen) atoms. The topological polar surface area (TPSA) is 44.3 Å². The van der Waals surface area contributed by atoms with Gasteiger partial charge in [0.25, 0.3) is 0 Å². The molecule has 2 heterocycles. The van der Waals surface area contributed by atoms with Crippen LogP contribution in [-0.2, 0) is 0 Å². The van der Waals surface area contributed by atoms with Crippen LogP contribution in [0.4, 0.5) is 5.82 Å². The molecular formula is C15H27N5. The number of rotatable bonds is 6. The lowest BCUT2D eigenvalue weighted by Crippen LogP contribution is -2.44. The van der Waals surface area contributed by atoms with Gasteiger partial charge in [-0.3, -0.25) is 0 Å². The van der Waals surface area contributed by atoms with Crippen LogP contribution < -0.4 is 5.32 Å². The van der Waals surface area contributed by atoms with E-state index in [0.29, 0.717) is 5.92 Å². The van der Waals surface area contributed by atoms with Gasteiger partial charge in [0.1, 0.15) is 12.1 Å². The molecule has 5 heteroatoms. The molecule has 0 atom stereocenters. The Labute approximate surface area is 122 Å². The molecule has 0 aliphatic carbocycles. The Kier molecular flexibility index (Phi) is 5.73. The van der Waals surface area contributed by atoms with Crippen LogP contribution in [0, 0.1) is 0 Å². The highest BCUT2D eigenvalue weighted by atomic mass is 15.2. The molecule has 1 saturated heterocycles. The smallest absolute Gasteiger partial charge is 0.129 e. The predicted molar refractivity (Wildman–Crippen MR) is 83.2 cm³/mol. The van der Waals surface area contributed by atoms with E-state index < -0.39 is 0 Å². The fourth-order valence-corrected chi connectivity index (χ4v) is 2.38. The summed E-state index contributed by atoms with van der Waals surface area (Å²) in [5.74, 6) is 1.39. The van der Waals surface area contributed by atoms with Gasteiger partial charge in [0.2, 0.25) is 0 Å². The highest BCUT2D eigenvalue weighted by molar-refractivity contribution is 5.35. The van der Waals surface area contributed by atoms with E-state index in [-0.39, 0.29) is 0 Å². The number of hydrogen-bond acceptors (Lipinski definition) is 5. The fraction of sp³-hybridized carbons (Fsp3) is 0.733. The van der Waals surface area contributed by atoms with Crippen LogP contribution >= 0.6 is 0 Å². The number of hydrogen-bond donors (Lipinski definition) is 1. The van der Waals surface area contributed by atoms with Gasteiger partial charge in [-0.1, -0.05) is 13.8 Å². The Balaban J connectivity index is 1.67. The normalized spacial score (nSPS) is 17.6. The third-order valence-corrected chi connectivity index (χ3v) is 3.83. The van der Waals surface area contributed by atoms with Gasteiger partial charge in [0.05, 0.1) is 0 Å². The molecule has 0 spiro atoms. The van der Waals surface area contributed by atoms with Crippen LogP contribution in [0.2, 0.25) is 0 Å². The van der Waals surface area contributed by atoms with Crippen LogP contribution in [0.15, 0.2) is 12.4 Å². The molecule has 0 amide bonds. The van der Waals surface area contributed by atoms with E-state index in [9.17, 15) is 0 Å². The molecule has 0 unspecified atom stereocenters. The number of nitrogens with one attached hydrogen (secondary N) is 1. The number of piperazine rings is 1. The standard InChI is InChI=1S/C15H27N5/c1-13(2)14-11-15(18-12-17-14)16-5-4-6-20-9-7-19(3)8-10-20/h11-13H,4-10H2,1-3H3,(H,16,17,18). The second-order valence-electron chi connectivity index (χ2n) is 5.91. The molecule has 0 radical (unpaired) electrons. The van der Waals surface area contributed by atoms with Gasteiger partial charge in [-0.2, -0.15) is 0 Å². The molecule has 5 nitrogen and oxygen atoms in total. The summed E-state index contributed by atoms with van der Waals surface area (Å²) in [5, 5.41) is 3.40. The minimum Gasteiger partial charge on any atom is -0.370 e. The molecule has 0 bridgehead atoms. The molecule has 2 rings (SSSR count). The number of aromatic nitrogens is 2. The molecule has 1 aromatic heterocycles. The van der Waals surface area contributed by atoms with Crippen molar-refractivity contribution in [1.29, 1.82) is 0 Å². The van der Waals surface area contributed by atoms with Crippen molar-refractivity contribution >= 4 is 5.82 Å². The maximum atomic E-state index is 4.28. The molecule has 112 valence electrons. The second kappa shape index (κ2) is 7.55.